The molecule has 1 heterocycles. The first-order chi connectivity index (χ1) is 13.0. The third kappa shape index (κ3) is 4.78. The van der Waals surface area contributed by atoms with Crippen molar-refractivity contribution in [3.05, 3.63) is 58.6 Å². The van der Waals surface area contributed by atoms with Gasteiger partial charge in [0.15, 0.2) is 0 Å². The fraction of sp³-hybridized carbons (Fsp3) is 0.250. The molecular weight excluding hydrogens is 428 g/mol. The Hall–Kier alpha value is -2.12. The summed E-state index contributed by atoms with van der Waals surface area (Å²) in [6.07, 6.45) is 1.01. The van der Waals surface area contributed by atoms with Crippen LogP contribution in [-0.2, 0) is 20.8 Å². The lowest BCUT2D eigenvalue weighted by Crippen LogP contribution is -2.31. The van der Waals surface area contributed by atoms with Gasteiger partial charge in [0.05, 0.1) is 16.7 Å². The van der Waals surface area contributed by atoms with E-state index in [2.05, 4.69) is 21.2 Å². The van der Waals surface area contributed by atoms with Crippen LogP contribution in [0.4, 0.5) is 11.4 Å². The van der Waals surface area contributed by atoms with Crippen molar-refractivity contribution >= 4 is 56.8 Å². The summed E-state index contributed by atoms with van der Waals surface area (Å²) in [5.74, 6) is -0.582. The van der Waals surface area contributed by atoms with Crippen LogP contribution in [0, 0.1) is 0 Å². The molecule has 0 aliphatic carbocycles. The van der Waals surface area contributed by atoms with Crippen LogP contribution in [0.2, 0.25) is 0 Å². The Morgan fingerprint density at radius 2 is 1.96 bits per heavy atom. The minimum atomic E-state index is -0.531. The minimum Gasteiger partial charge on any atom is -0.325 e. The Morgan fingerprint density at radius 3 is 2.63 bits per heavy atom. The number of hydrogen-bond donors (Lipinski definition) is 1. The number of anilines is 2. The average molecular weight is 447 g/mol. The Bertz CT molecular complexity index is 870. The van der Waals surface area contributed by atoms with Crippen molar-refractivity contribution in [1.82, 2.24) is 0 Å². The van der Waals surface area contributed by atoms with Gasteiger partial charge in [-0.2, -0.15) is 0 Å². The fourth-order valence-electron chi connectivity index (χ4n) is 2.83. The summed E-state index contributed by atoms with van der Waals surface area (Å²) in [6, 6.07) is 14.7. The van der Waals surface area contributed by atoms with Crippen molar-refractivity contribution in [3.8, 4) is 0 Å². The molecule has 7 heteroatoms. The first-order valence-electron chi connectivity index (χ1n) is 8.60. The SMILES string of the molecule is CCc1ccc(N2C(=O)C[C@H](SCC(=O)Nc3cccc(Br)c3)C2=O)cc1. The molecule has 140 valence electrons. The van der Waals surface area contributed by atoms with E-state index in [1.165, 1.54) is 16.7 Å². The zero-order valence-corrected chi connectivity index (χ0v) is 17.2. The molecule has 1 fully saturated rings. The van der Waals surface area contributed by atoms with Gasteiger partial charge in [0, 0.05) is 16.6 Å². The van der Waals surface area contributed by atoms with E-state index in [1.54, 1.807) is 24.3 Å². The van der Waals surface area contributed by atoms with Gasteiger partial charge in [-0.15, -0.1) is 11.8 Å². The number of hydrogen-bond acceptors (Lipinski definition) is 4. The van der Waals surface area contributed by atoms with E-state index in [4.69, 9.17) is 0 Å². The highest BCUT2D eigenvalue weighted by atomic mass is 79.9. The van der Waals surface area contributed by atoms with Crippen LogP contribution in [0.15, 0.2) is 53.0 Å². The number of carbonyl (C=O) groups is 3. The van der Waals surface area contributed by atoms with E-state index < -0.39 is 5.25 Å². The molecule has 3 amide bonds. The number of carbonyl (C=O) groups excluding carboxylic acids is 3. The summed E-state index contributed by atoms with van der Waals surface area (Å²) in [5, 5.41) is 2.26. The third-order valence-corrected chi connectivity index (χ3v) is 5.92. The van der Waals surface area contributed by atoms with E-state index in [-0.39, 0.29) is 29.9 Å². The van der Waals surface area contributed by atoms with E-state index in [1.807, 2.05) is 31.2 Å². The van der Waals surface area contributed by atoms with Crippen molar-refractivity contribution in [2.45, 2.75) is 25.0 Å². The van der Waals surface area contributed by atoms with Gasteiger partial charge in [0.25, 0.3) is 0 Å². The molecule has 0 spiro atoms. The molecule has 27 heavy (non-hydrogen) atoms. The van der Waals surface area contributed by atoms with Crippen LogP contribution in [0.25, 0.3) is 0 Å². The molecule has 2 aromatic carbocycles. The average Bonchev–Trinajstić information content (AvgIpc) is 2.94. The summed E-state index contributed by atoms with van der Waals surface area (Å²) in [4.78, 5) is 38.3. The first kappa shape index (κ1) is 19.6. The molecule has 0 aromatic heterocycles. The highest BCUT2D eigenvalue weighted by Gasteiger charge is 2.40. The van der Waals surface area contributed by atoms with Gasteiger partial charge < -0.3 is 5.32 Å². The predicted molar refractivity (Wildman–Crippen MR) is 112 cm³/mol. The number of benzene rings is 2. The van der Waals surface area contributed by atoms with Crippen molar-refractivity contribution < 1.29 is 14.4 Å². The number of imide groups is 1. The van der Waals surface area contributed by atoms with Crippen molar-refractivity contribution in [2.24, 2.45) is 0 Å². The highest BCUT2D eigenvalue weighted by Crippen LogP contribution is 2.30. The maximum Gasteiger partial charge on any atom is 0.247 e. The van der Waals surface area contributed by atoms with Crippen molar-refractivity contribution in [2.75, 3.05) is 16.0 Å². The fourth-order valence-corrected chi connectivity index (χ4v) is 4.16. The Kier molecular flexibility index (Phi) is 6.34. The molecule has 0 bridgehead atoms. The Balaban J connectivity index is 1.58. The minimum absolute atomic E-state index is 0.110. The van der Waals surface area contributed by atoms with Crippen LogP contribution in [0.5, 0.6) is 0 Å². The van der Waals surface area contributed by atoms with Gasteiger partial charge in [-0.25, -0.2) is 4.90 Å². The maximum atomic E-state index is 12.6. The summed E-state index contributed by atoms with van der Waals surface area (Å²) in [5.41, 5.74) is 2.42. The van der Waals surface area contributed by atoms with Crippen molar-refractivity contribution in [1.29, 1.82) is 0 Å². The summed E-state index contributed by atoms with van der Waals surface area (Å²) < 4.78 is 0.870. The van der Waals surface area contributed by atoms with Crippen LogP contribution >= 0.6 is 27.7 Å². The summed E-state index contributed by atoms with van der Waals surface area (Å²) in [7, 11) is 0. The van der Waals surface area contributed by atoms with E-state index >= 15 is 0 Å². The number of rotatable bonds is 6. The van der Waals surface area contributed by atoms with Crippen LogP contribution in [0.1, 0.15) is 18.9 Å². The maximum absolute atomic E-state index is 12.6. The second-order valence-corrected chi connectivity index (χ2v) is 8.26. The van der Waals surface area contributed by atoms with E-state index in [0.29, 0.717) is 11.4 Å². The summed E-state index contributed by atoms with van der Waals surface area (Å²) in [6.45, 7) is 2.05. The molecule has 1 N–H and O–H groups in total. The second kappa shape index (κ2) is 8.71. The lowest BCUT2D eigenvalue weighted by molar-refractivity contribution is -0.121. The third-order valence-electron chi connectivity index (χ3n) is 4.23. The number of thioether (sulfide) groups is 1. The van der Waals surface area contributed by atoms with E-state index in [9.17, 15) is 14.4 Å². The van der Waals surface area contributed by atoms with E-state index in [0.717, 1.165) is 16.5 Å². The Labute approximate surface area is 170 Å². The molecular formula is C20H19BrN2O3S. The smallest absolute Gasteiger partial charge is 0.247 e. The standard InChI is InChI=1S/C20H19BrN2O3S/c1-2-13-6-8-16(9-7-13)23-19(25)11-17(20(23)26)27-12-18(24)22-15-5-3-4-14(21)10-15/h3-10,17H,2,11-12H2,1H3,(H,22,24)/t17-/m0/s1. The lowest BCUT2D eigenvalue weighted by atomic mass is 10.1. The second-order valence-electron chi connectivity index (χ2n) is 6.15. The molecule has 0 saturated carbocycles. The normalized spacial score (nSPS) is 16.7. The van der Waals surface area contributed by atoms with Gasteiger partial charge in [-0.3, -0.25) is 14.4 Å². The molecule has 0 radical (unpaired) electrons. The van der Waals surface area contributed by atoms with Crippen LogP contribution < -0.4 is 10.2 Å². The Morgan fingerprint density at radius 1 is 1.22 bits per heavy atom. The number of amides is 3. The lowest BCUT2D eigenvalue weighted by Gasteiger charge is -2.15. The molecule has 1 aliphatic heterocycles. The van der Waals surface area contributed by atoms with Gasteiger partial charge in [-0.05, 0) is 42.3 Å². The quantitative estimate of drug-likeness (QED) is 0.680. The topological polar surface area (TPSA) is 66.5 Å². The van der Waals surface area contributed by atoms with Crippen LogP contribution in [-0.4, -0.2) is 28.7 Å². The van der Waals surface area contributed by atoms with Crippen LogP contribution in [0.3, 0.4) is 0 Å². The van der Waals surface area contributed by atoms with Gasteiger partial charge in [0.1, 0.15) is 0 Å². The summed E-state index contributed by atoms with van der Waals surface area (Å²) >= 11 is 4.55. The first-order valence-corrected chi connectivity index (χ1v) is 10.4. The molecule has 1 aliphatic rings. The van der Waals surface area contributed by atoms with Gasteiger partial charge >= 0.3 is 0 Å². The van der Waals surface area contributed by atoms with Gasteiger partial charge in [-0.1, -0.05) is 41.1 Å². The number of aryl methyl sites for hydroxylation is 1. The molecule has 1 saturated heterocycles. The number of nitrogens with one attached hydrogen (secondary N) is 1. The zero-order chi connectivity index (χ0) is 19.4. The van der Waals surface area contributed by atoms with Gasteiger partial charge in [0.2, 0.25) is 17.7 Å². The molecule has 3 rings (SSSR count). The largest absolute Gasteiger partial charge is 0.325 e. The molecule has 5 nitrogen and oxygen atoms in total. The monoisotopic (exact) mass is 446 g/mol. The number of halogens is 1. The molecule has 2 aromatic rings. The molecule has 1 atom stereocenters. The highest BCUT2D eigenvalue weighted by molar-refractivity contribution is 9.10. The zero-order valence-electron chi connectivity index (χ0n) is 14.8. The molecule has 0 unspecified atom stereocenters. The predicted octanol–water partition coefficient (Wildman–Crippen LogP) is 4.02. The van der Waals surface area contributed by atoms with Crippen molar-refractivity contribution in [3.63, 3.8) is 0 Å². The number of nitrogens with zero attached hydrogens (tertiary/aromatic N) is 1.